The topological polar surface area (TPSA) is 88.0 Å². The van der Waals surface area contributed by atoms with Gasteiger partial charge in [-0.05, 0) is 25.8 Å². The van der Waals surface area contributed by atoms with Gasteiger partial charge in [-0.15, -0.1) is 0 Å². The molecule has 1 saturated carbocycles. The van der Waals surface area contributed by atoms with E-state index in [1.807, 2.05) is 19.1 Å². The first-order valence-corrected chi connectivity index (χ1v) is 8.38. The van der Waals surface area contributed by atoms with Crippen LogP contribution in [0.3, 0.4) is 0 Å². The van der Waals surface area contributed by atoms with Gasteiger partial charge in [0.2, 0.25) is 0 Å². The highest BCUT2D eigenvalue weighted by Gasteiger charge is 2.19. The summed E-state index contributed by atoms with van der Waals surface area (Å²) in [4.78, 5) is 16.9. The Kier molecular flexibility index (Phi) is 3.76. The Morgan fingerprint density at radius 2 is 2.17 bits per heavy atom. The lowest BCUT2D eigenvalue weighted by atomic mass is 9.87. The van der Waals surface area contributed by atoms with E-state index in [9.17, 15) is 4.79 Å². The minimum Gasteiger partial charge on any atom is -0.305 e. The standard InChI is InChI=1S/C17H20N6O/c1-11-7-8-23-16(19-11)13(10-18-23)17(24)20-15-9-14(21-22-15)12-5-3-2-4-6-12/h7-10,12H,2-6H2,1H3,(H2,20,21,22,24). The first kappa shape index (κ1) is 14.9. The highest BCUT2D eigenvalue weighted by molar-refractivity contribution is 6.07. The van der Waals surface area contributed by atoms with E-state index < -0.39 is 0 Å². The summed E-state index contributed by atoms with van der Waals surface area (Å²) < 4.78 is 1.60. The third-order valence-corrected chi connectivity index (χ3v) is 4.64. The van der Waals surface area contributed by atoms with Gasteiger partial charge < -0.3 is 5.32 Å². The van der Waals surface area contributed by atoms with E-state index in [1.165, 1.54) is 38.3 Å². The number of carbonyl (C=O) groups excluding carboxylic acids is 1. The third-order valence-electron chi connectivity index (χ3n) is 4.64. The summed E-state index contributed by atoms with van der Waals surface area (Å²) >= 11 is 0. The molecule has 124 valence electrons. The molecule has 0 spiro atoms. The Morgan fingerprint density at radius 1 is 1.33 bits per heavy atom. The third kappa shape index (κ3) is 2.77. The second kappa shape index (κ2) is 6.07. The van der Waals surface area contributed by atoms with Crippen LogP contribution >= 0.6 is 0 Å². The van der Waals surface area contributed by atoms with E-state index in [2.05, 4.69) is 25.6 Å². The van der Waals surface area contributed by atoms with Crippen molar-refractivity contribution >= 4 is 17.4 Å². The maximum atomic E-state index is 12.5. The van der Waals surface area contributed by atoms with Crippen LogP contribution in [0.25, 0.3) is 5.65 Å². The predicted molar refractivity (Wildman–Crippen MR) is 90.1 cm³/mol. The number of hydrogen-bond acceptors (Lipinski definition) is 4. The fourth-order valence-corrected chi connectivity index (χ4v) is 3.33. The summed E-state index contributed by atoms with van der Waals surface area (Å²) in [5.74, 6) is 0.829. The Bertz CT molecular complexity index is 874. The van der Waals surface area contributed by atoms with Crippen LogP contribution in [0.1, 0.15) is 59.8 Å². The van der Waals surface area contributed by atoms with Crippen molar-refractivity contribution in [1.82, 2.24) is 24.8 Å². The molecule has 1 amide bonds. The van der Waals surface area contributed by atoms with Gasteiger partial charge in [-0.2, -0.15) is 10.2 Å². The number of aryl methyl sites for hydroxylation is 1. The molecule has 0 saturated heterocycles. The molecule has 4 rings (SSSR count). The van der Waals surface area contributed by atoms with Crippen molar-refractivity contribution in [2.45, 2.75) is 44.9 Å². The number of hydrogen-bond donors (Lipinski definition) is 2. The van der Waals surface area contributed by atoms with E-state index in [-0.39, 0.29) is 5.91 Å². The molecule has 0 atom stereocenters. The monoisotopic (exact) mass is 324 g/mol. The van der Waals surface area contributed by atoms with Gasteiger partial charge in [0.05, 0.1) is 6.20 Å². The molecule has 24 heavy (non-hydrogen) atoms. The van der Waals surface area contributed by atoms with Crippen molar-refractivity contribution in [2.75, 3.05) is 5.32 Å². The fraction of sp³-hybridized carbons (Fsp3) is 0.412. The van der Waals surface area contributed by atoms with Gasteiger partial charge in [-0.1, -0.05) is 19.3 Å². The largest absolute Gasteiger partial charge is 0.305 e. The number of nitrogens with zero attached hydrogens (tertiary/aromatic N) is 4. The van der Waals surface area contributed by atoms with Crippen molar-refractivity contribution in [2.24, 2.45) is 0 Å². The number of rotatable bonds is 3. The van der Waals surface area contributed by atoms with Crippen LogP contribution in [0.2, 0.25) is 0 Å². The molecule has 0 aromatic carbocycles. The molecule has 0 bridgehead atoms. The summed E-state index contributed by atoms with van der Waals surface area (Å²) in [6, 6.07) is 3.80. The Morgan fingerprint density at radius 3 is 3.00 bits per heavy atom. The number of carbonyl (C=O) groups is 1. The molecule has 7 nitrogen and oxygen atoms in total. The van der Waals surface area contributed by atoms with Crippen molar-refractivity contribution in [3.05, 3.63) is 41.5 Å². The van der Waals surface area contributed by atoms with E-state index in [0.29, 0.717) is 22.9 Å². The molecular formula is C17H20N6O. The number of anilines is 1. The van der Waals surface area contributed by atoms with Crippen LogP contribution in [-0.4, -0.2) is 30.7 Å². The lowest BCUT2D eigenvalue weighted by molar-refractivity contribution is 0.102. The molecule has 0 aliphatic heterocycles. The quantitative estimate of drug-likeness (QED) is 0.775. The number of aromatic amines is 1. The summed E-state index contributed by atoms with van der Waals surface area (Å²) in [6.45, 7) is 1.89. The minimum atomic E-state index is -0.246. The molecule has 1 aliphatic carbocycles. The Balaban J connectivity index is 1.53. The van der Waals surface area contributed by atoms with Gasteiger partial charge in [-0.3, -0.25) is 9.89 Å². The zero-order valence-corrected chi connectivity index (χ0v) is 13.6. The zero-order chi connectivity index (χ0) is 16.5. The van der Waals surface area contributed by atoms with Crippen molar-refractivity contribution in [1.29, 1.82) is 0 Å². The van der Waals surface area contributed by atoms with Crippen molar-refractivity contribution in [3.8, 4) is 0 Å². The lowest BCUT2D eigenvalue weighted by Gasteiger charge is -2.19. The number of nitrogens with one attached hydrogen (secondary N) is 2. The van der Waals surface area contributed by atoms with Crippen LogP contribution in [0.5, 0.6) is 0 Å². The number of aromatic nitrogens is 5. The smallest absolute Gasteiger partial charge is 0.262 e. The summed E-state index contributed by atoms with van der Waals surface area (Å²) in [6.07, 6.45) is 9.54. The average Bonchev–Trinajstić information content (AvgIpc) is 3.22. The highest BCUT2D eigenvalue weighted by Crippen LogP contribution is 2.32. The summed E-state index contributed by atoms with van der Waals surface area (Å²) in [5, 5.41) is 14.3. The van der Waals surface area contributed by atoms with Crippen LogP contribution in [0.15, 0.2) is 24.5 Å². The molecular weight excluding hydrogens is 304 g/mol. The van der Waals surface area contributed by atoms with E-state index in [4.69, 9.17) is 0 Å². The molecule has 3 aromatic rings. The number of fused-ring (bicyclic) bond motifs is 1. The second-order valence-electron chi connectivity index (χ2n) is 6.39. The number of amides is 1. The molecule has 1 fully saturated rings. The molecule has 3 heterocycles. The first-order valence-electron chi connectivity index (χ1n) is 8.38. The van der Waals surface area contributed by atoms with E-state index in [1.54, 1.807) is 10.7 Å². The molecule has 1 aliphatic rings. The molecule has 7 heteroatoms. The maximum Gasteiger partial charge on any atom is 0.262 e. The zero-order valence-electron chi connectivity index (χ0n) is 13.6. The van der Waals surface area contributed by atoms with Crippen LogP contribution in [0, 0.1) is 6.92 Å². The molecule has 2 N–H and O–H groups in total. The second-order valence-corrected chi connectivity index (χ2v) is 6.39. The fourth-order valence-electron chi connectivity index (χ4n) is 3.33. The predicted octanol–water partition coefficient (Wildman–Crippen LogP) is 3.06. The molecule has 0 radical (unpaired) electrons. The highest BCUT2D eigenvalue weighted by atomic mass is 16.1. The summed E-state index contributed by atoms with van der Waals surface area (Å²) in [5.41, 5.74) is 2.95. The van der Waals surface area contributed by atoms with Gasteiger partial charge >= 0.3 is 0 Å². The Hall–Kier alpha value is -2.70. The first-order chi connectivity index (χ1) is 11.7. The van der Waals surface area contributed by atoms with Crippen LogP contribution in [0.4, 0.5) is 5.82 Å². The summed E-state index contributed by atoms with van der Waals surface area (Å²) in [7, 11) is 0. The van der Waals surface area contributed by atoms with Gasteiger partial charge in [-0.25, -0.2) is 9.50 Å². The normalized spacial score (nSPS) is 15.7. The van der Waals surface area contributed by atoms with E-state index in [0.717, 1.165) is 11.4 Å². The van der Waals surface area contributed by atoms with Crippen LogP contribution < -0.4 is 5.32 Å². The van der Waals surface area contributed by atoms with Gasteiger partial charge in [0, 0.05) is 29.6 Å². The van der Waals surface area contributed by atoms with E-state index >= 15 is 0 Å². The van der Waals surface area contributed by atoms with Gasteiger partial charge in [0.25, 0.3) is 5.91 Å². The van der Waals surface area contributed by atoms with Crippen molar-refractivity contribution < 1.29 is 4.79 Å². The Labute approximate surface area is 139 Å². The SMILES string of the molecule is Cc1ccn2ncc(C(=O)Nc3cc(C4CCCCC4)[nH]n3)c2n1. The van der Waals surface area contributed by atoms with Crippen LogP contribution in [-0.2, 0) is 0 Å². The van der Waals surface area contributed by atoms with Gasteiger partial charge in [0.1, 0.15) is 5.56 Å². The minimum absolute atomic E-state index is 0.246. The molecule has 3 aromatic heterocycles. The average molecular weight is 324 g/mol. The van der Waals surface area contributed by atoms with Crippen molar-refractivity contribution in [3.63, 3.8) is 0 Å². The lowest BCUT2D eigenvalue weighted by Crippen LogP contribution is -2.12. The van der Waals surface area contributed by atoms with Gasteiger partial charge in [0.15, 0.2) is 11.5 Å². The number of H-pyrrole nitrogens is 1. The molecule has 0 unspecified atom stereocenters. The maximum absolute atomic E-state index is 12.5.